The maximum atomic E-state index is 13.7. The van der Waals surface area contributed by atoms with Gasteiger partial charge in [-0.05, 0) is 48.4 Å². The molecule has 0 unspecified atom stereocenters. The second-order valence-corrected chi connectivity index (χ2v) is 9.24. The number of rotatable bonds is 3. The zero-order chi connectivity index (χ0) is 25.1. The van der Waals surface area contributed by atoms with Crippen LogP contribution in [0.5, 0.6) is 5.75 Å². The molecule has 0 bridgehead atoms. The highest BCUT2D eigenvalue weighted by atomic mass is 16.5. The first-order valence-electron chi connectivity index (χ1n) is 11.8. The predicted molar refractivity (Wildman–Crippen MR) is 142 cm³/mol. The number of ether oxygens (including phenoxy) is 1. The van der Waals surface area contributed by atoms with Crippen LogP contribution in [0, 0.1) is 6.92 Å². The molecule has 5 aromatic rings. The molecule has 1 aliphatic rings. The van der Waals surface area contributed by atoms with Crippen molar-refractivity contribution in [3.05, 3.63) is 110 Å². The van der Waals surface area contributed by atoms with Gasteiger partial charge in [-0.15, -0.1) is 0 Å². The Morgan fingerprint density at radius 1 is 0.889 bits per heavy atom. The van der Waals surface area contributed by atoms with Gasteiger partial charge in [0.2, 0.25) is 0 Å². The molecule has 0 saturated heterocycles. The summed E-state index contributed by atoms with van der Waals surface area (Å²) in [6.45, 7) is 2.04. The third-order valence-corrected chi connectivity index (χ3v) is 7.05. The number of hydrogen-bond donors (Lipinski definition) is 1. The van der Waals surface area contributed by atoms with Crippen molar-refractivity contribution in [2.24, 2.45) is 14.1 Å². The maximum Gasteiger partial charge on any atom is 0.331 e. The molecule has 0 spiro atoms. The van der Waals surface area contributed by atoms with Gasteiger partial charge in [-0.2, -0.15) is 0 Å². The summed E-state index contributed by atoms with van der Waals surface area (Å²) >= 11 is 0. The van der Waals surface area contributed by atoms with Crippen molar-refractivity contribution in [3.8, 4) is 22.7 Å². The Bertz CT molecular complexity index is 1790. The van der Waals surface area contributed by atoms with Crippen LogP contribution in [-0.4, -0.2) is 20.8 Å². The molecule has 1 atom stereocenters. The van der Waals surface area contributed by atoms with E-state index in [-0.39, 0.29) is 17.3 Å². The molecule has 36 heavy (non-hydrogen) atoms. The number of para-hydroxylation sites is 2. The lowest BCUT2D eigenvalue weighted by atomic mass is 9.99. The van der Waals surface area contributed by atoms with Crippen molar-refractivity contribution < 1.29 is 4.74 Å². The van der Waals surface area contributed by atoms with Gasteiger partial charge in [0.15, 0.2) is 0 Å². The molecule has 3 aromatic carbocycles. The maximum absolute atomic E-state index is 13.7. The molecule has 180 valence electrons. The highest BCUT2D eigenvalue weighted by Gasteiger charge is 2.34. The van der Waals surface area contributed by atoms with Crippen molar-refractivity contribution in [1.29, 1.82) is 0 Å². The quantitative estimate of drug-likeness (QED) is 0.414. The zero-order valence-corrected chi connectivity index (χ0v) is 20.6. The second kappa shape index (κ2) is 8.02. The van der Waals surface area contributed by atoms with E-state index in [9.17, 15) is 9.59 Å². The minimum Gasteiger partial charge on any atom is -0.497 e. The van der Waals surface area contributed by atoms with E-state index in [1.807, 2.05) is 73.7 Å². The molecule has 0 saturated carbocycles. The normalized spacial score (nSPS) is 14.3. The molecule has 6 rings (SSSR count). The van der Waals surface area contributed by atoms with Crippen molar-refractivity contribution in [3.63, 3.8) is 0 Å². The zero-order valence-electron chi connectivity index (χ0n) is 20.6. The Morgan fingerprint density at radius 2 is 1.67 bits per heavy atom. The number of benzene rings is 3. The molecule has 1 aliphatic heterocycles. The van der Waals surface area contributed by atoms with E-state index in [4.69, 9.17) is 4.74 Å². The molecule has 7 heteroatoms. The number of hydrogen-bond acceptors (Lipinski definition) is 4. The summed E-state index contributed by atoms with van der Waals surface area (Å²) < 4.78 is 10.4. The van der Waals surface area contributed by atoms with E-state index < -0.39 is 0 Å². The highest BCUT2D eigenvalue weighted by Crippen LogP contribution is 2.45. The lowest BCUT2D eigenvalue weighted by Gasteiger charge is -2.31. The lowest BCUT2D eigenvalue weighted by Crippen LogP contribution is -2.37. The summed E-state index contributed by atoms with van der Waals surface area (Å²) in [5.41, 5.74) is 6.40. The summed E-state index contributed by atoms with van der Waals surface area (Å²) in [4.78, 5) is 26.9. The topological polar surface area (TPSA) is 70.2 Å². The van der Waals surface area contributed by atoms with Crippen LogP contribution < -0.4 is 21.3 Å². The second-order valence-electron chi connectivity index (χ2n) is 9.24. The van der Waals surface area contributed by atoms with Gasteiger partial charge in [0.05, 0.1) is 46.8 Å². The summed E-state index contributed by atoms with van der Waals surface area (Å²) in [7, 11) is 4.91. The lowest BCUT2D eigenvalue weighted by molar-refractivity contribution is 0.414. The molecule has 0 amide bonds. The summed E-state index contributed by atoms with van der Waals surface area (Å²) in [5.74, 6) is 0.735. The van der Waals surface area contributed by atoms with Crippen LogP contribution >= 0.6 is 0 Å². The summed E-state index contributed by atoms with van der Waals surface area (Å²) in [6, 6.07) is 23.7. The Labute approximate surface area is 207 Å². The Morgan fingerprint density at radius 3 is 2.44 bits per heavy atom. The molecule has 7 nitrogen and oxygen atoms in total. The number of aryl methyl sites for hydroxylation is 2. The highest BCUT2D eigenvalue weighted by molar-refractivity contribution is 5.99. The molecule has 2 aromatic heterocycles. The van der Waals surface area contributed by atoms with Crippen LogP contribution in [0.2, 0.25) is 0 Å². The Kier molecular flexibility index (Phi) is 4.89. The van der Waals surface area contributed by atoms with Crippen molar-refractivity contribution in [2.75, 3.05) is 12.4 Å². The molecule has 3 heterocycles. The smallest absolute Gasteiger partial charge is 0.331 e. The Balaban J connectivity index is 1.85. The van der Waals surface area contributed by atoms with Gasteiger partial charge in [0.25, 0.3) is 5.56 Å². The first-order chi connectivity index (χ1) is 17.4. The molecule has 0 radical (unpaired) electrons. The molecular formula is C29H26N4O3. The van der Waals surface area contributed by atoms with Gasteiger partial charge in [-0.25, -0.2) is 4.79 Å². The SMILES string of the molecule is COc1cccc([C@@H]2Nc3ccccc3-n3c(-c4cccc(C)c4)c4c(=O)n(C)c(=O)n(C)c4c32)c1. The van der Waals surface area contributed by atoms with E-state index in [0.717, 1.165) is 45.2 Å². The Hall–Kier alpha value is -4.52. The average molecular weight is 479 g/mol. The summed E-state index contributed by atoms with van der Waals surface area (Å²) in [6.07, 6.45) is 0. The standard InChI is InChI=1S/C29H26N4O3/c1-17-9-7-11-19(15-17)25-23-26(31(2)29(35)32(3)28(23)34)27-24(18-10-8-12-20(16-18)36-4)30-21-13-5-6-14-22(21)33(25)27/h5-16,24,30H,1-4H3/t24-/m0/s1. The van der Waals surface area contributed by atoms with Crippen molar-refractivity contribution in [2.45, 2.75) is 13.0 Å². The van der Waals surface area contributed by atoms with Crippen molar-refractivity contribution >= 4 is 16.6 Å². The third-order valence-electron chi connectivity index (χ3n) is 7.05. The molecule has 0 fully saturated rings. The molecule has 0 aliphatic carbocycles. The van der Waals surface area contributed by atoms with E-state index in [1.165, 1.54) is 11.6 Å². The van der Waals surface area contributed by atoms with Gasteiger partial charge in [0, 0.05) is 14.1 Å². The predicted octanol–water partition coefficient (Wildman–Crippen LogP) is 4.53. The third kappa shape index (κ3) is 3.05. The molecular weight excluding hydrogens is 452 g/mol. The van der Waals surface area contributed by atoms with Gasteiger partial charge < -0.3 is 14.6 Å². The van der Waals surface area contributed by atoms with Crippen molar-refractivity contribution in [1.82, 2.24) is 13.7 Å². The number of anilines is 1. The van der Waals surface area contributed by atoms with E-state index in [0.29, 0.717) is 10.9 Å². The number of fused-ring (bicyclic) bond motifs is 5. The number of nitrogens with zero attached hydrogens (tertiary/aromatic N) is 3. The monoisotopic (exact) mass is 478 g/mol. The molecule has 1 N–H and O–H groups in total. The number of nitrogens with one attached hydrogen (secondary N) is 1. The fourth-order valence-electron chi connectivity index (χ4n) is 5.35. The largest absolute Gasteiger partial charge is 0.497 e. The van der Waals surface area contributed by atoms with Gasteiger partial charge in [0.1, 0.15) is 5.75 Å². The number of methoxy groups -OCH3 is 1. The van der Waals surface area contributed by atoms with Gasteiger partial charge in [-0.1, -0.05) is 48.0 Å². The fourth-order valence-corrected chi connectivity index (χ4v) is 5.35. The number of aromatic nitrogens is 3. The van der Waals surface area contributed by atoms with Crippen LogP contribution in [0.3, 0.4) is 0 Å². The van der Waals surface area contributed by atoms with E-state index >= 15 is 0 Å². The van der Waals surface area contributed by atoms with E-state index in [2.05, 4.69) is 16.0 Å². The van der Waals surface area contributed by atoms with E-state index in [1.54, 1.807) is 18.7 Å². The summed E-state index contributed by atoms with van der Waals surface area (Å²) in [5, 5.41) is 4.19. The van der Waals surface area contributed by atoms with Crippen LogP contribution in [0.15, 0.2) is 82.4 Å². The fraction of sp³-hybridized carbons (Fsp3) is 0.172. The first-order valence-corrected chi connectivity index (χ1v) is 11.8. The van der Waals surface area contributed by atoms with Crippen LogP contribution in [-0.2, 0) is 14.1 Å². The van der Waals surface area contributed by atoms with Crippen LogP contribution in [0.4, 0.5) is 5.69 Å². The minimum atomic E-state index is -0.361. The van der Waals surface area contributed by atoms with Gasteiger partial charge in [-0.3, -0.25) is 13.9 Å². The first kappa shape index (κ1) is 22.0. The minimum absolute atomic E-state index is 0.312. The van der Waals surface area contributed by atoms with Gasteiger partial charge >= 0.3 is 5.69 Å². The van der Waals surface area contributed by atoms with Crippen LogP contribution in [0.25, 0.3) is 27.8 Å². The average Bonchev–Trinajstić information content (AvgIpc) is 3.27. The van der Waals surface area contributed by atoms with Crippen LogP contribution in [0.1, 0.15) is 22.9 Å².